The molecule has 31 heavy (non-hydrogen) atoms. The van der Waals surface area contributed by atoms with Gasteiger partial charge >= 0.3 is 0 Å². The van der Waals surface area contributed by atoms with Gasteiger partial charge in [0.25, 0.3) is 5.91 Å². The number of aliphatic hydroxyl groups is 1. The van der Waals surface area contributed by atoms with Gasteiger partial charge in [0.05, 0.1) is 30.2 Å². The van der Waals surface area contributed by atoms with Crippen molar-refractivity contribution in [2.45, 2.75) is 19.4 Å². The molecule has 0 saturated carbocycles. The average molecular weight is 445 g/mol. The fraction of sp³-hybridized carbons (Fsp3) is 0.391. The van der Waals surface area contributed by atoms with Crippen LogP contribution in [-0.4, -0.2) is 67.5 Å². The maximum absolute atomic E-state index is 13.2. The fourth-order valence-electron chi connectivity index (χ4n) is 3.69. The number of benzene rings is 1. The molecular formula is C23H28N2O5S. The van der Waals surface area contributed by atoms with Crippen molar-refractivity contribution < 1.29 is 24.2 Å². The van der Waals surface area contributed by atoms with Gasteiger partial charge < -0.3 is 24.4 Å². The Bertz CT molecular complexity index is 968. The molecule has 2 heterocycles. The number of rotatable bonds is 10. The van der Waals surface area contributed by atoms with Gasteiger partial charge in [-0.1, -0.05) is 12.1 Å². The van der Waals surface area contributed by atoms with Crippen molar-refractivity contribution in [1.82, 2.24) is 9.80 Å². The lowest BCUT2D eigenvalue weighted by Gasteiger charge is -2.27. The van der Waals surface area contributed by atoms with Crippen LogP contribution in [0.25, 0.3) is 0 Å². The van der Waals surface area contributed by atoms with Crippen molar-refractivity contribution in [1.29, 1.82) is 0 Å². The second-order valence-electron chi connectivity index (χ2n) is 7.47. The number of hydrogen-bond acceptors (Lipinski definition) is 7. The second kappa shape index (κ2) is 9.98. The summed E-state index contributed by atoms with van der Waals surface area (Å²) in [6.07, 6.45) is 0.706. The zero-order valence-electron chi connectivity index (χ0n) is 18.3. The van der Waals surface area contributed by atoms with Crippen molar-refractivity contribution in [3.63, 3.8) is 0 Å². The fourth-order valence-corrected chi connectivity index (χ4v) is 4.37. The van der Waals surface area contributed by atoms with E-state index < -0.39 is 17.7 Å². The van der Waals surface area contributed by atoms with E-state index in [2.05, 4.69) is 0 Å². The Balaban J connectivity index is 2.04. The number of hydrogen-bond donors (Lipinski definition) is 1. The molecule has 7 nitrogen and oxygen atoms in total. The van der Waals surface area contributed by atoms with Gasteiger partial charge in [-0.2, -0.15) is 0 Å². The third kappa shape index (κ3) is 4.75. The molecule has 1 aromatic heterocycles. The lowest BCUT2D eigenvalue weighted by Crippen LogP contribution is -2.33. The van der Waals surface area contributed by atoms with E-state index in [4.69, 9.17) is 9.47 Å². The van der Waals surface area contributed by atoms with Crippen LogP contribution in [0.1, 0.15) is 34.6 Å². The van der Waals surface area contributed by atoms with Gasteiger partial charge in [0.15, 0.2) is 17.3 Å². The third-order valence-electron chi connectivity index (χ3n) is 5.10. The molecule has 0 saturated heterocycles. The molecule has 1 aliphatic rings. The number of ketones is 1. The molecule has 2 aromatic rings. The van der Waals surface area contributed by atoms with Crippen molar-refractivity contribution in [3.05, 3.63) is 57.5 Å². The van der Waals surface area contributed by atoms with Crippen LogP contribution in [0.15, 0.2) is 47.0 Å². The smallest absolute Gasteiger partial charge is 0.290 e. The zero-order valence-corrected chi connectivity index (χ0v) is 19.1. The van der Waals surface area contributed by atoms with Crippen molar-refractivity contribution in [2.75, 3.05) is 40.9 Å². The molecule has 0 aliphatic carbocycles. The topological polar surface area (TPSA) is 79.3 Å². The van der Waals surface area contributed by atoms with E-state index in [1.54, 1.807) is 41.7 Å². The molecule has 1 N–H and O–H groups in total. The van der Waals surface area contributed by atoms with Gasteiger partial charge in [0, 0.05) is 6.54 Å². The first-order valence-electron chi connectivity index (χ1n) is 10.2. The number of Topliss-reactive ketones (excluding diaryl/α,β-unsaturated/α-hetero) is 1. The second-order valence-corrected chi connectivity index (χ2v) is 8.42. The van der Waals surface area contributed by atoms with Gasteiger partial charge in [-0.05, 0) is 63.1 Å². The number of aliphatic hydroxyl groups excluding tert-OH is 1. The lowest BCUT2D eigenvalue weighted by molar-refractivity contribution is -0.129. The van der Waals surface area contributed by atoms with Crippen LogP contribution in [0.3, 0.4) is 0 Å². The van der Waals surface area contributed by atoms with Crippen LogP contribution in [0, 0.1) is 0 Å². The van der Waals surface area contributed by atoms with Gasteiger partial charge in [-0.3, -0.25) is 9.59 Å². The Morgan fingerprint density at radius 3 is 2.65 bits per heavy atom. The summed E-state index contributed by atoms with van der Waals surface area (Å²) in [6.45, 7) is 3.55. The summed E-state index contributed by atoms with van der Waals surface area (Å²) in [5.74, 6) is -0.266. The number of thiophene rings is 1. The van der Waals surface area contributed by atoms with Crippen LogP contribution >= 0.6 is 11.3 Å². The number of methoxy groups -OCH3 is 1. The summed E-state index contributed by atoms with van der Waals surface area (Å²) >= 11 is 1.28. The number of nitrogens with zero attached hydrogens (tertiary/aromatic N) is 2. The molecule has 0 spiro atoms. The van der Waals surface area contributed by atoms with Crippen LogP contribution < -0.4 is 9.47 Å². The average Bonchev–Trinajstić information content (AvgIpc) is 3.37. The van der Waals surface area contributed by atoms with Crippen LogP contribution in [0.2, 0.25) is 0 Å². The zero-order chi connectivity index (χ0) is 22.5. The summed E-state index contributed by atoms with van der Waals surface area (Å²) in [5, 5.41) is 12.5. The number of amides is 1. The quantitative estimate of drug-likeness (QED) is 0.563. The van der Waals surface area contributed by atoms with Gasteiger partial charge in [0.2, 0.25) is 5.78 Å². The van der Waals surface area contributed by atoms with E-state index in [9.17, 15) is 14.7 Å². The lowest BCUT2D eigenvalue weighted by atomic mass is 9.95. The van der Waals surface area contributed by atoms with Crippen molar-refractivity contribution >= 4 is 23.0 Å². The first-order valence-corrected chi connectivity index (χ1v) is 11.0. The first kappa shape index (κ1) is 22.8. The highest BCUT2D eigenvalue weighted by Gasteiger charge is 2.44. The molecule has 0 bridgehead atoms. The highest BCUT2D eigenvalue weighted by Crippen LogP contribution is 2.42. The first-order chi connectivity index (χ1) is 14.9. The highest BCUT2D eigenvalue weighted by atomic mass is 32.1. The van der Waals surface area contributed by atoms with Gasteiger partial charge in [-0.15, -0.1) is 11.3 Å². The summed E-state index contributed by atoms with van der Waals surface area (Å²) in [5.41, 5.74) is 0.783. The molecule has 0 radical (unpaired) electrons. The summed E-state index contributed by atoms with van der Waals surface area (Å²) < 4.78 is 11.1. The molecule has 1 aliphatic heterocycles. The highest BCUT2D eigenvalue weighted by molar-refractivity contribution is 7.12. The van der Waals surface area contributed by atoms with Gasteiger partial charge in [-0.25, -0.2) is 0 Å². The normalized spacial score (nSPS) is 16.4. The monoisotopic (exact) mass is 444 g/mol. The molecule has 1 atom stereocenters. The molecular weight excluding hydrogens is 416 g/mol. The number of carbonyl (C=O) groups excluding carboxylic acids is 2. The maximum atomic E-state index is 13.2. The van der Waals surface area contributed by atoms with E-state index in [-0.39, 0.29) is 11.4 Å². The van der Waals surface area contributed by atoms with Crippen LogP contribution in [-0.2, 0) is 4.79 Å². The van der Waals surface area contributed by atoms with Crippen molar-refractivity contribution in [2.24, 2.45) is 0 Å². The van der Waals surface area contributed by atoms with E-state index in [1.807, 2.05) is 32.0 Å². The van der Waals surface area contributed by atoms with E-state index in [0.29, 0.717) is 41.5 Å². The Morgan fingerprint density at radius 1 is 1.26 bits per heavy atom. The molecule has 0 unspecified atom stereocenters. The molecule has 8 heteroatoms. The number of ether oxygens (including phenoxy) is 2. The molecule has 0 fully saturated rings. The minimum atomic E-state index is -0.700. The Morgan fingerprint density at radius 2 is 2.03 bits per heavy atom. The van der Waals surface area contributed by atoms with Gasteiger partial charge in [0.1, 0.15) is 0 Å². The Kier molecular flexibility index (Phi) is 7.35. The van der Waals surface area contributed by atoms with Crippen LogP contribution in [0.4, 0.5) is 0 Å². The van der Waals surface area contributed by atoms with E-state index >= 15 is 0 Å². The molecule has 3 rings (SSSR count). The number of carbonyl (C=O) groups is 2. The van der Waals surface area contributed by atoms with E-state index in [0.717, 1.165) is 6.54 Å². The molecule has 1 aromatic carbocycles. The maximum Gasteiger partial charge on any atom is 0.290 e. The summed E-state index contributed by atoms with van der Waals surface area (Å²) in [6, 6.07) is 8.11. The predicted octanol–water partition coefficient (Wildman–Crippen LogP) is 3.69. The predicted molar refractivity (Wildman–Crippen MR) is 120 cm³/mol. The molecule has 1 amide bonds. The SMILES string of the molecule is CCOc1ccc([C@H]2C(C(=O)c3cccs3)=C(O)C(=O)N2CCCN(C)C)cc1OC. The third-order valence-corrected chi connectivity index (χ3v) is 5.97. The van der Waals surface area contributed by atoms with Crippen LogP contribution in [0.5, 0.6) is 11.5 Å². The molecule has 166 valence electrons. The Labute approximate surface area is 186 Å². The summed E-state index contributed by atoms with van der Waals surface area (Å²) in [7, 11) is 5.46. The minimum Gasteiger partial charge on any atom is -0.503 e. The summed E-state index contributed by atoms with van der Waals surface area (Å²) in [4.78, 5) is 30.3. The van der Waals surface area contributed by atoms with Crippen molar-refractivity contribution in [3.8, 4) is 11.5 Å². The Hall–Kier alpha value is -2.84. The van der Waals surface area contributed by atoms with E-state index in [1.165, 1.54) is 11.3 Å². The minimum absolute atomic E-state index is 0.100. The largest absolute Gasteiger partial charge is 0.503 e. The standard InChI is InChI=1S/C23H28N2O5S/c1-5-30-16-10-9-15(14-17(16)29-4)20-19(21(26)18-8-6-13-31-18)22(27)23(28)25(20)12-7-11-24(2)3/h6,8-10,13-14,20,27H,5,7,11-12H2,1-4H3/t20-/m0/s1.